The number of nitrogens with zero attached hydrogens (tertiary/aromatic N) is 3. The van der Waals surface area contributed by atoms with Crippen molar-refractivity contribution in [3.05, 3.63) is 29.8 Å². The van der Waals surface area contributed by atoms with E-state index in [9.17, 15) is 4.79 Å². The third-order valence-corrected chi connectivity index (χ3v) is 6.88. The van der Waals surface area contributed by atoms with Crippen LogP contribution in [0.5, 0.6) is 5.75 Å². The Hall–Kier alpha value is -1.83. The maximum Gasteiger partial charge on any atom is 0.409 e. The molecule has 0 aromatic heterocycles. The summed E-state index contributed by atoms with van der Waals surface area (Å²) in [6.45, 7) is 9.91. The molecule has 1 aromatic rings. The summed E-state index contributed by atoms with van der Waals surface area (Å²) in [5.74, 6) is 1.69. The number of rotatable bonds is 10. The van der Waals surface area contributed by atoms with Gasteiger partial charge in [0.15, 0.2) is 0 Å². The van der Waals surface area contributed by atoms with Crippen LogP contribution in [0.4, 0.5) is 4.79 Å². The fourth-order valence-corrected chi connectivity index (χ4v) is 4.99. The maximum atomic E-state index is 12.0. The molecule has 2 fully saturated rings. The Bertz CT molecular complexity index is 686. The van der Waals surface area contributed by atoms with Crippen molar-refractivity contribution in [2.45, 2.75) is 45.2 Å². The first-order valence-corrected chi connectivity index (χ1v) is 12.1. The highest BCUT2D eigenvalue weighted by atomic mass is 16.6. The Labute approximate surface area is 193 Å². The van der Waals surface area contributed by atoms with E-state index < -0.39 is 0 Å². The quantitative estimate of drug-likeness (QED) is 0.547. The largest absolute Gasteiger partial charge is 0.496 e. The van der Waals surface area contributed by atoms with Crippen LogP contribution in [0, 0.1) is 5.92 Å². The highest BCUT2D eigenvalue weighted by Gasteiger charge is 2.30. The summed E-state index contributed by atoms with van der Waals surface area (Å²) in [6.07, 6.45) is 4.29. The van der Waals surface area contributed by atoms with Crippen molar-refractivity contribution < 1.29 is 19.0 Å². The molecule has 32 heavy (non-hydrogen) atoms. The molecule has 0 spiro atoms. The minimum absolute atomic E-state index is 0.170. The lowest BCUT2D eigenvalue weighted by Crippen LogP contribution is -2.49. The topological polar surface area (TPSA) is 54.5 Å². The number of carbonyl (C=O) groups is 1. The van der Waals surface area contributed by atoms with Crippen molar-refractivity contribution in [1.82, 2.24) is 14.7 Å². The van der Waals surface area contributed by atoms with Crippen LogP contribution in [0.3, 0.4) is 0 Å². The molecule has 0 aliphatic carbocycles. The van der Waals surface area contributed by atoms with Crippen LogP contribution in [-0.4, -0.2) is 93.5 Å². The van der Waals surface area contributed by atoms with Gasteiger partial charge < -0.3 is 19.1 Å². The van der Waals surface area contributed by atoms with Gasteiger partial charge in [-0.2, -0.15) is 0 Å². The molecule has 2 heterocycles. The summed E-state index contributed by atoms with van der Waals surface area (Å²) in [5, 5.41) is 0. The molecule has 0 N–H and O–H groups in total. The lowest BCUT2D eigenvalue weighted by Gasteiger charge is -2.41. The summed E-state index contributed by atoms with van der Waals surface area (Å²) in [5.41, 5.74) is 1.27. The second kappa shape index (κ2) is 13.0. The van der Waals surface area contributed by atoms with E-state index in [0.29, 0.717) is 18.6 Å². The number of carbonyl (C=O) groups excluding carboxylic acids is 1. The number of likely N-dealkylation sites (tertiary alicyclic amines) is 2. The molecule has 2 aliphatic heterocycles. The number of methoxy groups -OCH3 is 2. The maximum absolute atomic E-state index is 12.0. The first-order valence-electron chi connectivity index (χ1n) is 12.1. The van der Waals surface area contributed by atoms with Crippen LogP contribution < -0.4 is 4.74 Å². The highest BCUT2D eigenvalue weighted by molar-refractivity contribution is 5.67. The van der Waals surface area contributed by atoms with Gasteiger partial charge in [0.25, 0.3) is 0 Å². The fraction of sp³-hybridized carbons (Fsp3) is 0.720. The SMILES string of the molecule is CCOC(=O)N1CCC(N(CCOC)CC2CCN(Cc3ccccc3OC)CC2)CC1. The molecule has 0 saturated carbocycles. The third-order valence-electron chi connectivity index (χ3n) is 6.88. The molecule has 1 amide bonds. The molecule has 180 valence electrons. The first kappa shape index (κ1) is 24.8. The van der Waals surface area contributed by atoms with Gasteiger partial charge >= 0.3 is 6.09 Å². The lowest BCUT2D eigenvalue weighted by molar-refractivity contribution is 0.0477. The number of piperidine rings is 2. The summed E-state index contributed by atoms with van der Waals surface area (Å²) < 4.78 is 16.1. The van der Waals surface area contributed by atoms with Crippen molar-refractivity contribution in [1.29, 1.82) is 0 Å². The monoisotopic (exact) mass is 447 g/mol. The van der Waals surface area contributed by atoms with Gasteiger partial charge in [0, 0.05) is 51.4 Å². The van der Waals surface area contributed by atoms with Crippen LogP contribution >= 0.6 is 0 Å². The van der Waals surface area contributed by atoms with E-state index in [0.717, 1.165) is 71.0 Å². The van der Waals surface area contributed by atoms with E-state index in [4.69, 9.17) is 14.2 Å². The van der Waals surface area contributed by atoms with E-state index >= 15 is 0 Å². The third kappa shape index (κ3) is 7.09. The van der Waals surface area contributed by atoms with Gasteiger partial charge in [-0.05, 0) is 57.7 Å². The smallest absolute Gasteiger partial charge is 0.409 e. The number of para-hydroxylation sites is 1. The van der Waals surface area contributed by atoms with Gasteiger partial charge in [0.05, 0.1) is 20.3 Å². The number of hydrogen-bond donors (Lipinski definition) is 0. The van der Waals surface area contributed by atoms with E-state index in [2.05, 4.69) is 21.9 Å². The van der Waals surface area contributed by atoms with Crippen molar-refractivity contribution >= 4 is 6.09 Å². The Morgan fingerprint density at radius 2 is 1.78 bits per heavy atom. The predicted molar refractivity (Wildman–Crippen MR) is 126 cm³/mol. The summed E-state index contributed by atoms with van der Waals surface area (Å²) in [4.78, 5) is 19.0. The Morgan fingerprint density at radius 3 is 2.44 bits per heavy atom. The van der Waals surface area contributed by atoms with Crippen LogP contribution in [0.1, 0.15) is 38.2 Å². The van der Waals surface area contributed by atoms with Gasteiger partial charge in [-0.15, -0.1) is 0 Å². The zero-order chi connectivity index (χ0) is 22.8. The normalized spacial score (nSPS) is 18.8. The predicted octanol–water partition coefficient (Wildman–Crippen LogP) is 3.48. The van der Waals surface area contributed by atoms with Crippen molar-refractivity contribution in [3.8, 4) is 5.75 Å². The molecule has 0 radical (unpaired) electrons. The lowest BCUT2D eigenvalue weighted by atomic mass is 9.94. The van der Waals surface area contributed by atoms with Crippen LogP contribution in [-0.2, 0) is 16.0 Å². The molecule has 2 saturated heterocycles. The van der Waals surface area contributed by atoms with E-state index in [1.807, 2.05) is 24.0 Å². The second-order valence-electron chi connectivity index (χ2n) is 8.94. The van der Waals surface area contributed by atoms with Crippen LogP contribution in [0.2, 0.25) is 0 Å². The molecule has 2 aliphatic rings. The second-order valence-corrected chi connectivity index (χ2v) is 8.94. The summed E-state index contributed by atoms with van der Waals surface area (Å²) >= 11 is 0. The Balaban J connectivity index is 1.47. The molecule has 7 heteroatoms. The van der Waals surface area contributed by atoms with Gasteiger partial charge in [0.1, 0.15) is 5.75 Å². The number of ether oxygens (including phenoxy) is 3. The van der Waals surface area contributed by atoms with Crippen LogP contribution in [0.15, 0.2) is 24.3 Å². The van der Waals surface area contributed by atoms with Crippen molar-refractivity contribution in [3.63, 3.8) is 0 Å². The molecule has 0 atom stereocenters. The molecule has 1 aromatic carbocycles. The van der Waals surface area contributed by atoms with Crippen molar-refractivity contribution in [2.75, 3.05) is 66.7 Å². The van der Waals surface area contributed by atoms with E-state index in [-0.39, 0.29) is 6.09 Å². The first-order chi connectivity index (χ1) is 15.6. The molecule has 0 bridgehead atoms. The standard InChI is InChI=1S/C25H41N3O4/c1-4-32-25(29)27-15-11-23(12-16-27)28(17-18-30-2)19-21-9-13-26(14-10-21)20-22-7-5-6-8-24(22)31-3/h5-8,21,23H,4,9-20H2,1-3H3. The summed E-state index contributed by atoms with van der Waals surface area (Å²) in [7, 11) is 3.52. The minimum atomic E-state index is -0.170. The zero-order valence-electron chi connectivity index (χ0n) is 20.1. The van der Waals surface area contributed by atoms with E-state index in [1.54, 1.807) is 14.2 Å². The van der Waals surface area contributed by atoms with Gasteiger partial charge in [-0.1, -0.05) is 18.2 Å². The zero-order valence-corrected chi connectivity index (χ0v) is 20.1. The average molecular weight is 448 g/mol. The van der Waals surface area contributed by atoms with Crippen molar-refractivity contribution in [2.24, 2.45) is 5.92 Å². The van der Waals surface area contributed by atoms with Crippen LogP contribution in [0.25, 0.3) is 0 Å². The Morgan fingerprint density at radius 1 is 1.06 bits per heavy atom. The van der Waals surface area contributed by atoms with Gasteiger partial charge in [-0.3, -0.25) is 9.80 Å². The minimum Gasteiger partial charge on any atom is -0.496 e. The average Bonchev–Trinajstić information content (AvgIpc) is 2.83. The molecule has 7 nitrogen and oxygen atoms in total. The Kier molecular flexibility index (Phi) is 10.1. The molecular formula is C25H41N3O4. The van der Waals surface area contributed by atoms with Gasteiger partial charge in [0.2, 0.25) is 0 Å². The number of benzene rings is 1. The molecular weight excluding hydrogens is 406 g/mol. The van der Waals surface area contributed by atoms with E-state index in [1.165, 1.54) is 18.4 Å². The number of amides is 1. The summed E-state index contributed by atoms with van der Waals surface area (Å²) in [6, 6.07) is 8.84. The fourth-order valence-electron chi connectivity index (χ4n) is 4.99. The number of hydrogen-bond acceptors (Lipinski definition) is 6. The highest BCUT2D eigenvalue weighted by Crippen LogP contribution is 2.26. The molecule has 3 rings (SSSR count). The van der Waals surface area contributed by atoms with Gasteiger partial charge in [-0.25, -0.2) is 4.79 Å². The molecule has 0 unspecified atom stereocenters.